The number of nitrogens with zero attached hydrogens (tertiary/aromatic N) is 4. The minimum atomic E-state index is -0.443. The van der Waals surface area contributed by atoms with E-state index in [9.17, 15) is 4.79 Å². The maximum Gasteiger partial charge on any atom is 0.410 e. The van der Waals surface area contributed by atoms with Crippen LogP contribution in [-0.4, -0.2) is 52.6 Å². The van der Waals surface area contributed by atoms with Gasteiger partial charge in [-0.2, -0.15) is 5.10 Å². The first-order valence-electron chi connectivity index (χ1n) is 8.20. The lowest BCUT2D eigenvalue weighted by Gasteiger charge is -2.54. The van der Waals surface area contributed by atoms with E-state index in [1.165, 1.54) is 0 Å². The quantitative estimate of drug-likeness (QED) is 0.854. The molecule has 128 valence electrons. The largest absolute Gasteiger partial charge is 0.444 e. The van der Waals surface area contributed by atoms with Gasteiger partial charge in [-0.05, 0) is 33.6 Å². The molecule has 0 unspecified atom stereocenters. The number of carbonyl (C=O) groups is 1. The number of aryl methyl sites for hydroxylation is 1. The summed E-state index contributed by atoms with van der Waals surface area (Å²) < 4.78 is 7.28. The average molecular weight is 321 g/mol. The number of nitrogen functional groups attached to an aromatic ring is 1. The Morgan fingerprint density at radius 1 is 1.35 bits per heavy atom. The molecule has 7 nitrogen and oxygen atoms in total. The lowest BCUT2D eigenvalue weighted by Crippen LogP contribution is -2.65. The van der Waals surface area contributed by atoms with Crippen LogP contribution in [0.1, 0.15) is 33.6 Å². The molecule has 1 amide bonds. The fourth-order valence-electron chi connectivity index (χ4n) is 3.70. The van der Waals surface area contributed by atoms with Crippen molar-refractivity contribution in [2.24, 2.45) is 12.5 Å². The second-order valence-electron chi connectivity index (χ2n) is 7.91. The molecular formula is C16H27N5O2. The fraction of sp³-hybridized carbons (Fsp3) is 0.750. The summed E-state index contributed by atoms with van der Waals surface area (Å²) in [4.78, 5) is 16.3. The third-order valence-electron chi connectivity index (χ3n) is 4.60. The predicted molar refractivity (Wildman–Crippen MR) is 89.3 cm³/mol. The van der Waals surface area contributed by atoms with Gasteiger partial charge in [-0.15, -0.1) is 0 Å². The van der Waals surface area contributed by atoms with Crippen LogP contribution < -0.4 is 10.6 Å². The van der Waals surface area contributed by atoms with Gasteiger partial charge in [0.2, 0.25) is 0 Å². The van der Waals surface area contributed by atoms with Gasteiger partial charge in [0.15, 0.2) is 0 Å². The van der Waals surface area contributed by atoms with Crippen LogP contribution in [0, 0.1) is 5.41 Å². The number of carbonyl (C=O) groups excluding carboxylic acids is 1. The van der Waals surface area contributed by atoms with E-state index in [4.69, 9.17) is 10.5 Å². The van der Waals surface area contributed by atoms with E-state index in [2.05, 4.69) is 10.00 Å². The summed E-state index contributed by atoms with van der Waals surface area (Å²) in [5.74, 6) is 0.986. The first-order valence-corrected chi connectivity index (χ1v) is 8.20. The van der Waals surface area contributed by atoms with Crippen molar-refractivity contribution in [1.82, 2.24) is 14.7 Å². The van der Waals surface area contributed by atoms with Crippen LogP contribution >= 0.6 is 0 Å². The lowest BCUT2D eigenvalue weighted by atomic mass is 9.73. The molecule has 2 aliphatic heterocycles. The molecule has 0 aliphatic carbocycles. The second kappa shape index (κ2) is 5.32. The second-order valence-corrected chi connectivity index (χ2v) is 7.91. The molecule has 2 N–H and O–H groups in total. The van der Waals surface area contributed by atoms with Gasteiger partial charge in [0.25, 0.3) is 0 Å². The zero-order valence-electron chi connectivity index (χ0n) is 14.5. The maximum atomic E-state index is 12.1. The number of nitrogens with two attached hydrogens (primary N) is 1. The van der Waals surface area contributed by atoms with Gasteiger partial charge in [-0.25, -0.2) is 4.79 Å². The number of anilines is 2. The number of hydrogen-bond donors (Lipinski definition) is 1. The van der Waals surface area contributed by atoms with Crippen molar-refractivity contribution in [3.8, 4) is 0 Å². The zero-order chi connectivity index (χ0) is 16.8. The molecule has 0 bridgehead atoms. The number of rotatable bonds is 1. The smallest absolute Gasteiger partial charge is 0.410 e. The Kier molecular flexibility index (Phi) is 3.69. The van der Waals surface area contributed by atoms with Gasteiger partial charge >= 0.3 is 6.09 Å². The molecule has 2 aliphatic rings. The molecule has 0 atom stereocenters. The van der Waals surface area contributed by atoms with E-state index in [0.717, 1.165) is 44.8 Å². The van der Waals surface area contributed by atoms with Crippen molar-refractivity contribution in [2.75, 3.05) is 36.8 Å². The first-order chi connectivity index (χ1) is 10.7. The Bertz CT molecular complexity index is 579. The molecule has 1 spiro atoms. The lowest BCUT2D eigenvalue weighted by molar-refractivity contribution is -0.0391. The standard InChI is InChI=1S/C16H27N5O2/c1-15(2,3)23-14(22)21-10-16(11-21)6-5-7-20(9-16)13-12(17)8-18-19(13)4/h8H,5-7,9-11,17H2,1-4H3. The average Bonchev–Trinajstić information content (AvgIpc) is 2.73. The Hall–Kier alpha value is -1.92. The zero-order valence-corrected chi connectivity index (χ0v) is 14.5. The van der Waals surface area contributed by atoms with Gasteiger partial charge in [-0.3, -0.25) is 4.68 Å². The highest BCUT2D eigenvalue weighted by molar-refractivity contribution is 5.70. The minimum Gasteiger partial charge on any atom is -0.444 e. The van der Waals surface area contributed by atoms with E-state index in [1.54, 1.807) is 11.1 Å². The van der Waals surface area contributed by atoms with Crippen LogP contribution in [-0.2, 0) is 11.8 Å². The third-order valence-corrected chi connectivity index (χ3v) is 4.60. The molecule has 3 rings (SSSR count). The first kappa shape index (κ1) is 16.0. The minimum absolute atomic E-state index is 0.159. The van der Waals surface area contributed by atoms with E-state index in [-0.39, 0.29) is 11.5 Å². The summed E-state index contributed by atoms with van der Waals surface area (Å²) in [7, 11) is 1.92. The molecule has 0 radical (unpaired) electrons. The van der Waals surface area contributed by atoms with Gasteiger partial charge in [-0.1, -0.05) is 0 Å². The van der Waals surface area contributed by atoms with Crippen molar-refractivity contribution in [3.05, 3.63) is 6.20 Å². The summed E-state index contributed by atoms with van der Waals surface area (Å²) >= 11 is 0. The van der Waals surface area contributed by atoms with Crippen LogP contribution in [0.4, 0.5) is 16.3 Å². The van der Waals surface area contributed by atoms with E-state index in [1.807, 2.05) is 32.5 Å². The molecule has 0 saturated carbocycles. The Morgan fingerprint density at radius 2 is 2.04 bits per heavy atom. The molecular weight excluding hydrogens is 294 g/mol. The van der Waals surface area contributed by atoms with Crippen LogP contribution in [0.3, 0.4) is 0 Å². The number of ether oxygens (including phenoxy) is 1. The number of amides is 1. The highest BCUT2D eigenvalue weighted by Crippen LogP contribution is 2.41. The normalized spacial score (nSPS) is 20.5. The van der Waals surface area contributed by atoms with Crippen molar-refractivity contribution in [2.45, 2.75) is 39.2 Å². The van der Waals surface area contributed by atoms with Crippen molar-refractivity contribution in [3.63, 3.8) is 0 Å². The Morgan fingerprint density at radius 3 is 2.61 bits per heavy atom. The van der Waals surface area contributed by atoms with E-state index in [0.29, 0.717) is 5.69 Å². The Balaban J connectivity index is 1.64. The predicted octanol–water partition coefficient (Wildman–Crippen LogP) is 1.84. The van der Waals surface area contributed by atoms with Crippen LogP contribution in [0.25, 0.3) is 0 Å². The summed E-state index contributed by atoms with van der Waals surface area (Å²) in [5.41, 5.74) is 6.49. The van der Waals surface area contributed by atoms with Gasteiger partial charge in [0.1, 0.15) is 11.4 Å². The fourth-order valence-corrected chi connectivity index (χ4v) is 3.70. The van der Waals surface area contributed by atoms with Gasteiger partial charge < -0.3 is 20.3 Å². The van der Waals surface area contributed by atoms with E-state index < -0.39 is 5.60 Å². The molecule has 2 saturated heterocycles. The highest BCUT2D eigenvalue weighted by atomic mass is 16.6. The van der Waals surface area contributed by atoms with Crippen LogP contribution in [0.5, 0.6) is 0 Å². The van der Waals surface area contributed by atoms with E-state index >= 15 is 0 Å². The summed E-state index contributed by atoms with van der Waals surface area (Å²) in [5, 5.41) is 4.23. The number of piperidine rings is 1. The van der Waals surface area contributed by atoms with Crippen molar-refractivity contribution in [1.29, 1.82) is 0 Å². The number of likely N-dealkylation sites (tertiary alicyclic amines) is 1. The molecule has 1 aromatic rings. The summed E-state index contributed by atoms with van der Waals surface area (Å²) in [6, 6.07) is 0. The molecule has 0 aromatic carbocycles. The molecule has 23 heavy (non-hydrogen) atoms. The molecule has 2 fully saturated rings. The Labute approximate surface area is 137 Å². The van der Waals surface area contributed by atoms with Crippen LogP contribution in [0.2, 0.25) is 0 Å². The SMILES string of the molecule is Cn1ncc(N)c1N1CCCC2(CN(C(=O)OC(C)(C)C)C2)C1. The van der Waals surface area contributed by atoms with Crippen LogP contribution in [0.15, 0.2) is 6.20 Å². The third kappa shape index (κ3) is 3.09. The summed E-state index contributed by atoms with van der Waals surface area (Å²) in [6.07, 6.45) is 3.73. The molecule has 1 aromatic heterocycles. The highest BCUT2D eigenvalue weighted by Gasteiger charge is 2.49. The maximum absolute atomic E-state index is 12.1. The topological polar surface area (TPSA) is 76.6 Å². The van der Waals surface area contributed by atoms with Gasteiger partial charge in [0, 0.05) is 38.6 Å². The van der Waals surface area contributed by atoms with Crippen molar-refractivity contribution >= 4 is 17.6 Å². The molecule has 7 heteroatoms. The monoisotopic (exact) mass is 321 g/mol. The number of hydrogen-bond acceptors (Lipinski definition) is 5. The summed E-state index contributed by atoms with van der Waals surface area (Å²) in [6.45, 7) is 9.11. The molecule has 3 heterocycles. The van der Waals surface area contributed by atoms with Gasteiger partial charge in [0.05, 0.1) is 11.9 Å². The van der Waals surface area contributed by atoms with Crippen molar-refractivity contribution < 1.29 is 9.53 Å². The number of aromatic nitrogens is 2.